The number of ether oxygens (including phenoxy) is 1. The van der Waals surface area contributed by atoms with Crippen molar-refractivity contribution in [2.24, 2.45) is 0 Å². The van der Waals surface area contributed by atoms with Crippen molar-refractivity contribution in [1.82, 2.24) is 5.32 Å². The lowest BCUT2D eigenvalue weighted by molar-refractivity contribution is 0.0926. The number of carbonyl (C=O) groups excluding carboxylic acids is 1. The average molecular weight is 390 g/mol. The van der Waals surface area contributed by atoms with Gasteiger partial charge in [-0.05, 0) is 48.2 Å². The molecule has 0 saturated carbocycles. The number of nitrogens with one attached hydrogen (secondary N) is 1. The van der Waals surface area contributed by atoms with Gasteiger partial charge in [0.2, 0.25) is 0 Å². The monoisotopic (exact) mass is 389 g/mol. The van der Waals surface area contributed by atoms with Crippen molar-refractivity contribution in [3.05, 3.63) is 59.7 Å². The van der Waals surface area contributed by atoms with Gasteiger partial charge in [0.15, 0.2) is 9.84 Å². The SMILES string of the molecule is CC(COc1ccc(C(C)(C)C)cc1)NC(=O)c1cccc(S(C)(=O)=O)c1. The van der Waals surface area contributed by atoms with Gasteiger partial charge in [-0.25, -0.2) is 8.42 Å². The second kappa shape index (κ2) is 8.13. The zero-order valence-corrected chi connectivity index (χ0v) is 17.3. The Morgan fingerprint density at radius 3 is 2.30 bits per heavy atom. The maximum atomic E-state index is 12.3. The normalized spacial score (nSPS) is 13.1. The number of carbonyl (C=O) groups is 1. The highest BCUT2D eigenvalue weighted by Gasteiger charge is 2.15. The number of hydrogen-bond donors (Lipinski definition) is 1. The molecular formula is C21H27NO4S. The molecule has 146 valence electrons. The zero-order valence-electron chi connectivity index (χ0n) is 16.4. The van der Waals surface area contributed by atoms with Crippen LogP contribution in [-0.2, 0) is 15.3 Å². The van der Waals surface area contributed by atoms with Gasteiger partial charge in [0, 0.05) is 11.8 Å². The molecule has 0 aliphatic carbocycles. The summed E-state index contributed by atoms with van der Waals surface area (Å²) in [6, 6.07) is 13.7. The van der Waals surface area contributed by atoms with Crippen molar-refractivity contribution < 1.29 is 17.9 Å². The summed E-state index contributed by atoms with van der Waals surface area (Å²) in [6.45, 7) is 8.60. The summed E-state index contributed by atoms with van der Waals surface area (Å²) in [6.07, 6.45) is 1.12. The molecule has 27 heavy (non-hydrogen) atoms. The number of sulfone groups is 1. The highest BCUT2D eigenvalue weighted by Crippen LogP contribution is 2.24. The Morgan fingerprint density at radius 1 is 1.11 bits per heavy atom. The second-order valence-corrected chi connectivity index (χ2v) is 9.78. The van der Waals surface area contributed by atoms with Crippen molar-refractivity contribution in [1.29, 1.82) is 0 Å². The van der Waals surface area contributed by atoms with Crippen LogP contribution in [0.1, 0.15) is 43.6 Å². The van der Waals surface area contributed by atoms with E-state index in [9.17, 15) is 13.2 Å². The van der Waals surface area contributed by atoms with Crippen LogP contribution in [0.25, 0.3) is 0 Å². The van der Waals surface area contributed by atoms with E-state index in [1.165, 1.54) is 17.7 Å². The lowest BCUT2D eigenvalue weighted by atomic mass is 9.87. The molecule has 0 radical (unpaired) electrons. The predicted octanol–water partition coefficient (Wildman–Crippen LogP) is 3.58. The largest absolute Gasteiger partial charge is 0.491 e. The Bertz CT molecular complexity index is 897. The fourth-order valence-corrected chi connectivity index (χ4v) is 3.16. The fraction of sp³-hybridized carbons (Fsp3) is 0.381. The van der Waals surface area contributed by atoms with E-state index in [-0.39, 0.29) is 22.3 Å². The van der Waals surface area contributed by atoms with Crippen LogP contribution in [0, 0.1) is 0 Å². The standard InChI is InChI=1S/C21H27NO4S/c1-15(14-26-18-11-9-17(10-12-18)21(2,3)4)22-20(23)16-7-6-8-19(13-16)27(5,24)25/h6-13,15H,14H2,1-5H3,(H,22,23). The predicted molar refractivity (Wildman–Crippen MR) is 107 cm³/mol. The van der Waals surface area contributed by atoms with Crippen molar-refractivity contribution in [2.45, 2.75) is 44.0 Å². The van der Waals surface area contributed by atoms with Crippen LogP contribution in [0.4, 0.5) is 0 Å². The van der Waals surface area contributed by atoms with Gasteiger partial charge in [0.1, 0.15) is 12.4 Å². The molecular weight excluding hydrogens is 362 g/mol. The third-order valence-electron chi connectivity index (χ3n) is 4.12. The second-order valence-electron chi connectivity index (χ2n) is 7.76. The summed E-state index contributed by atoms with van der Waals surface area (Å²) >= 11 is 0. The van der Waals surface area contributed by atoms with Gasteiger partial charge in [-0.2, -0.15) is 0 Å². The van der Waals surface area contributed by atoms with Gasteiger partial charge < -0.3 is 10.1 Å². The topological polar surface area (TPSA) is 72.5 Å². The van der Waals surface area contributed by atoms with E-state index in [1.54, 1.807) is 12.1 Å². The van der Waals surface area contributed by atoms with Crippen LogP contribution in [0.5, 0.6) is 5.75 Å². The van der Waals surface area contributed by atoms with Crippen molar-refractivity contribution in [3.8, 4) is 5.75 Å². The van der Waals surface area contributed by atoms with E-state index in [1.807, 2.05) is 31.2 Å². The van der Waals surface area contributed by atoms with Crippen LogP contribution >= 0.6 is 0 Å². The Morgan fingerprint density at radius 2 is 1.74 bits per heavy atom. The van der Waals surface area contributed by atoms with Crippen LogP contribution in [0.3, 0.4) is 0 Å². The van der Waals surface area contributed by atoms with E-state index in [2.05, 4.69) is 26.1 Å². The number of benzene rings is 2. The summed E-state index contributed by atoms with van der Waals surface area (Å²) in [5.74, 6) is 0.405. The lowest BCUT2D eigenvalue weighted by Crippen LogP contribution is -2.36. The van der Waals surface area contributed by atoms with Gasteiger partial charge in [-0.1, -0.05) is 39.0 Å². The van der Waals surface area contributed by atoms with Crippen molar-refractivity contribution in [3.63, 3.8) is 0 Å². The average Bonchev–Trinajstić information content (AvgIpc) is 2.59. The Hall–Kier alpha value is -2.34. The highest BCUT2D eigenvalue weighted by molar-refractivity contribution is 7.90. The molecule has 0 bridgehead atoms. The lowest BCUT2D eigenvalue weighted by Gasteiger charge is -2.20. The minimum Gasteiger partial charge on any atom is -0.491 e. The molecule has 0 aliphatic heterocycles. The summed E-state index contributed by atoms with van der Waals surface area (Å²) in [5.41, 5.74) is 1.61. The molecule has 2 rings (SSSR count). The molecule has 0 spiro atoms. The number of amides is 1. The number of hydrogen-bond acceptors (Lipinski definition) is 4. The summed E-state index contributed by atoms with van der Waals surface area (Å²) in [7, 11) is -3.35. The van der Waals surface area contributed by atoms with Crippen LogP contribution < -0.4 is 10.1 Å². The zero-order chi connectivity index (χ0) is 20.2. The number of rotatable bonds is 6. The molecule has 1 unspecified atom stereocenters. The van der Waals surface area contributed by atoms with E-state index < -0.39 is 9.84 Å². The van der Waals surface area contributed by atoms with Crippen LogP contribution in [-0.4, -0.2) is 33.2 Å². The fourth-order valence-electron chi connectivity index (χ4n) is 2.49. The van der Waals surface area contributed by atoms with Gasteiger partial charge in [0.25, 0.3) is 5.91 Å². The Labute approximate surface area is 161 Å². The summed E-state index contributed by atoms with van der Waals surface area (Å²) in [5, 5.41) is 2.82. The molecule has 0 heterocycles. The first-order chi connectivity index (χ1) is 12.5. The third kappa shape index (κ3) is 6.10. The molecule has 1 amide bonds. The molecule has 0 saturated heterocycles. The molecule has 0 aliphatic rings. The van der Waals surface area contributed by atoms with Gasteiger partial charge in [-0.15, -0.1) is 0 Å². The first-order valence-electron chi connectivity index (χ1n) is 8.81. The first-order valence-corrected chi connectivity index (χ1v) is 10.7. The van der Waals surface area contributed by atoms with Crippen LogP contribution in [0.2, 0.25) is 0 Å². The molecule has 2 aromatic carbocycles. The molecule has 0 fully saturated rings. The van der Waals surface area contributed by atoms with Gasteiger partial charge >= 0.3 is 0 Å². The van der Waals surface area contributed by atoms with E-state index in [0.29, 0.717) is 12.2 Å². The molecule has 6 heteroatoms. The maximum Gasteiger partial charge on any atom is 0.251 e. The van der Waals surface area contributed by atoms with Gasteiger partial charge in [0.05, 0.1) is 10.9 Å². The Kier molecular flexibility index (Phi) is 6.31. The molecule has 1 N–H and O–H groups in total. The third-order valence-corrected chi connectivity index (χ3v) is 5.23. The minimum absolute atomic E-state index is 0.0836. The molecule has 5 nitrogen and oxygen atoms in total. The van der Waals surface area contributed by atoms with E-state index in [4.69, 9.17) is 4.74 Å². The van der Waals surface area contributed by atoms with E-state index in [0.717, 1.165) is 12.0 Å². The van der Waals surface area contributed by atoms with Crippen molar-refractivity contribution in [2.75, 3.05) is 12.9 Å². The van der Waals surface area contributed by atoms with E-state index >= 15 is 0 Å². The molecule has 2 aromatic rings. The first kappa shape index (κ1) is 21.0. The maximum absolute atomic E-state index is 12.3. The van der Waals surface area contributed by atoms with Gasteiger partial charge in [-0.3, -0.25) is 4.79 Å². The van der Waals surface area contributed by atoms with Crippen molar-refractivity contribution >= 4 is 15.7 Å². The highest BCUT2D eigenvalue weighted by atomic mass is 32.2. The van der Waals surface area contributed by atoms with Crippen LogP contribution in [0.15, 0.2) is 53.4 Å². The summed E-state index contributed by atoms with van der Waals surface area (Å²) in [4.78, 5) is 12.5. The molecule has 0 aromatic heterocycles. The Balaban J connectivity index is 1.94. The smallest absolute Gasteiger partial charge is 0.251 e. The quantitative estimate of drug-likeness (QED) is 0.820. The summed E-state index contributed by atoms with van der Waals surface area (Å²) < 4.78 is 29.0. The minimum atomic E-state index is -3.35. The molecule has 1 atom stereocenters.